The molecule has 0 radical (unpaired) electrons. The van der Waals surface area contributed by atoms with Crippen LogP contribution in [-0.4, -0.2) is 0 Å². The van der Waals surface area contributed by atoms with E-state index in [1.807, 2.05) is 0 Å². The van der Waals surface area contributed by atoms with E-state index >= 15 is 0 Å². The molecular formula is C30H24. The standard InChI is InChI=1S/C30H24/c1-5-13-23(14-6-1)27-21-28(27,24-15-7-2-8-16-24)30(26-19-11-4-12-20-26)22-29(27,30)25-17-9-3-10-18-25/h1-20H,21-22H2. The van der Waals surface area contributed by atoms with E-state index in [-0.39, 0.29) is 21.7 Å². The Balaban J connectivity index is 1.55. The second-order valence-electron chi connectivity index (χ2n) is 9.44. The van der Waals surface area contributed by atoms with Crippen LogP contribution in [0.15, 0.2) is 121 Å². The van der Waals surface area contributed by atoms with Gasteiger partial charge in [-0.1, -0.05) is 121 Å². The van der Waals surface area contributed by atoms with Crippen molar-refractivity contribution in [1.82, 2.24) is 0 Å². The highest BCUT2D eigenvalue weighted by molar-refractivity contribution is 5.80. The first-order valence-corrected chi connectivity index (χ1v) is 11.1. The summed E-state index contributed by atoms with van der Waals surface area (Å²) in [5.41, 5.74) is 6.78. The Morgan fingerprint density at radius 3 is 0.700 bits per heavy atom. The molecule has 0 amide bonds. The van der Waals surface area contributed by atoms with E-state index in [9.17, 15) is 0 Å². The Hall–Kier alpha value is -3.12. The molecule has 0 unspecified atom stereocenters. The van der Waals surface area contributed by atoms with E-state index in [0.29, 0.717) is 0 Å². The minimum Gasteiger partial charge on any atom is -0.0622 e. The molecule has 3 fully saturated rings. The van der Waals surface area contributed by atoms with E-state index in [0.717, 1.165) is 0 Å². The average Bonchev–Trinajstić information content (AvgIpc) is 3.70. The Morgan fingerprint density at radius 2 is 0.500 bits per heavy atom. The SMILES string of the molecule is c1ccc(C23CC2(c2ccccc2)C2(c4ccccc4)CC32c2ccccc2)cc1. The zero-order valence-corrected chi connectivity index (χ0v) is 17.0. The molecular weight excluding hydrogens is 360 g/mol. The fraction of sp³-hybridized carbons (Fsp3) is 0.200. The average molecular weight is 385 g/mol. The van der Waals surface area contributed by atoms with E-state index < -0.39 is 0 Å². The topological polar surface area (TPSA) is 0 Å². The smallest absolute Gasteiger partial charge is 0.0174 e. The molecule has 7 rings (SSSR count). The van der Waals surface area contributed by atoms with Crippen molar-refractivity contribution in [3.63, 3.8) is 0 Å². The molecule has 3 aliphatic carbocycles. The molecule has 0 aliphatic heterocycles. The molecule has 0 aromatic heterocycles. The largest absolute Gasteiger partial charge is 0.0622 e. The van der Waals surface area contributed by atoms with Gasteiger partial charge in [0.15, 0.2) is 0 Å². The van der Waals surface area contributed by atoms with Crippen LogP contribution in [-0.2, 0) is 21.7 Å². The van der Waals surface area contributed by atoms with Crippen LogP contribution in [0, 0.1) is 0 Å². The molecule has 4 aromatic rings. The minimum absolute atomic E-state index is 0.180. The van der Waals surface area contributed by atoms with E-state index in [4.69, 9.17) is 0 Å². The highest BCUT2D eigenvalue weighted by Gasteiger charge is 3.06. The zero-order chi connectivity index (χ0) is 19.9. The molecule has 0 heterocycles. The minimum atomic E-state index is 0.180. The van der Waals surface area contributed by atoms with Crippen molar-refractivity contribution >= 4 is 0 Å². The van der Waals surface area contributed by atoms with Crippen LogP contribution in [0.2, 0.25) is 0 Å². The van der Waals surface area contributed by atoms with Crippen molar-refractivity contribution in [2.45, 2.75) is 34.5 Å². The lowest BCUT2D eigenvalue weighted by Gasteiger charge is -2.52. The van der Waals surface area contributed by atoms with E-state index in [2.05, 4.69) is 121 Å². The summed E-state index contributed by atoms with van der Waals surface area (Å²) < 4.78 is 0. The monoisotopic (exact) mass is 384 g/mol. The number of hydrogen-bond acceptors (Lipinski definition) is 0. The van der Waals surface area contributed by atoms with Crippen LogP contribution in [0.25, 0.3) is 0 Å². The Labute approximate surface area is 178 Å². The van der Waals surface area contributed by atoms with Crippen LogP contribution in [0.4, 0.5) is 0 Å². The van der Waals surface area contributed by atoms with Gasteiger partial charge in [-0.3, -0.25) is 0 Å². The summed E-state index contributed by atoms with van der Waals surface area (Å²) in [6.07, 6.45) is 2.47. The van der Waals surface area contributed by atoms with Gasteiger partial charge in [0.2, 0.25) is 0 Å². The fourth-order valence-corrected chi connectivity index (χ4v) is 7.98. The molecule has 0 saturated heterocycles. The lowest BCUT2D eigenvalue weighted by Crippen LogP contribution is -2.56. The number of benzene rings is 4. The summed E-state index contributed by atoms with van der Waals surface area (Å²) in [7, 11) is 0. The fourth-order valence-electron chi connectivity index (χ4n) is 7.98. The predicted octanol–water partition coefficient (Wildman–Crippen LogP) is 6.56. The normalized spacial score (nSPS) is 34.9. The number of fused-ring (bicyclic) bond motifs is 4. The summed E-state index contributed by atoms with van der Waals surface area (Å²) in [6, 6.07) is 45.4. The molecule has 0 spiro atoms. The van der Waals surface area contributed by atoms with Crippen LogP contribution in [0.3, 0.4) is 0 Å². The van der Waals surface area contributed by atoms with Crippen molar-refractivity contribution < 1.29 is 0 Å². The number of rotatable bonds is 4. The Bertz CT molecular complexity index is 1010. The summed E-state index contributed by atoms with van der Waals surface area (Å²) in [5, 5.41) is 0. The molecule has 0 N–H and O–H groups in total. The maximum absolute atomic E-state index is 2.38. The molecule has 0 bridgehead atoms. The second-order valence-corrected chi connectivity index (χ2v) is 9.44. The zero-order valence-electron chi connectivity index (χ0n) is 17.0. The second kappa shape index (κ2) is 5.32. The molecule has 3 aliphatic rings. The van der Waals surface area contributed by atoms with Gasteiger partial charge in [0, 0.05) is 21.7 Å². The van der Waals surface area contributed by atoms with Crippen molar-refractivity contribution in [3.05, 3.63) is 144 Å². The van der Waals surface area contributed by atoms with Crippen LogP contribution in [0.5, 0.6) is 0 Å². The number of hydrogen-bond donors (Lipinski definition) is 0. The summed E-state index contributed by atoms with van der Waals surface area (Å²) in [4.78, 5) is 0. The third-order valence-corrected chi connectivity index (χ3v) is 8.79. The summed E-state index contributed by atoms with van der Waals surface area (Å²) in [5.74, 6) is 0. The molecule has 30 heavy (non-hydrogen) atoms. The van der Waals surface area contributed by atoms with Crippen LogP contribution >= 0.6 is 0 Å². The van der Waals surface area contributed by atoms with Gasteiger partial charge in [-0.15, -0.1) is 0 Å². The first-order valence-electron chi connectivity index (χ1n) is 11.1. The molecule has 0 heteroatoms. The quantitative estimate of drug-likeness (QED) is 0.374. The Morgan fingerprint density at radius 1 is 0.300 bits per heavy atom. The first kappa shape index (κ1) is 16.7. The third kappa shape index (κ3) is 1.51. The van der Waals surface area contributed by atoms with Gasteiger partial charge in [-0.2, -0.15) is 0 Å². The lowest BCUT2D eigenvalue weighted by atomic mass is 9.49. The van der Waals surface area contributed by atoms with Crippen LogP contribution in [0.1, 0.15) is 35.1 Å². The van der Waals surface area contributed by atoms with Gasteiger partial charge in [0.1, 0.15) is 0 Å². The molecule has 0 nitrogen and oxygen atoms in total. The predicted molar refractivity (Wildman–Crippen MR) is 122 cm³/mol. The highest BCUT2D eigenvalue weighted by Crippen LogP contribution is 3.03. The van der Waals surface area contributed by atoms with Gasteiger partial charge in [-0.25, -0.2) is 0 Å². The van der Waals surface area contributed by atoms with E-state index in [1.54, 1.807) is 0 Å². The highest BCUT2D eigenvalue weighted by atomic mass is 15.1. The van der Waals surface area contributed by atoms with Gasteiger partial charge in [-0.05, 0) is 35.1 Å². The lowest BCUT2D eigenvalue weighted by molar-refractivity contribution is 0.223. The Kier molecular flexibility index (Phi) is 2.95. The summed E-state index contributed by atoms with van der Waals surface area (Å²) >= 11 is 0. The maximum Gasteiger partial charge on any atom is 0.0174 e. The molecule has 144 valence electrons. The van der Waals surface area contributed by atoms with Gasteiger partial charge in [0.05, 0.1) is 0 Å². The van der Waals surface area contributed by atoms with Gasteiger partial charge < -0.3 is 0 Å². The van der Waals surface area contributed by atoms with Crippen molar-refractivity contribution in [2.24, 2.45) is 0 Å². The third-order valence-electron chi connectivity index (χ3n) is 8.79. The first-order chi connectivity index (χ1) is 14.8. The van der Waals surface area contributed by atoms with Crippen molar-refractivity contribution in [1.29, 1.82) is 0 Å². The molecule has 3 saturated carbocycles. The molecule has 4 aromatic carbocycles. The summed E-state index contributed by atoms with van der Waals surface area (Å²) in [6.45, 7) is 0. The van der Waals surface area contributed by atoms with Gasteiger partial charge >= 0.3 is 0 Å². The van der Waals surface area contributed by atoms with E-state index in [1.165, 1.54) is 35.1 Å². The van der Waals surface area contributed by atoms with Crippen molar-refractivity contribution in [3.8, 4) is 0 Å². The van der Waals surface area contributed by atoms with Gasteiger partial charge in [0.25, 0.3) is 0 Å². The maximum atomic E-state index is 2.38. The van der Waals surface area contributed by atoms with Crippen LogP contribution < -0.4 is 0 Å². The van der Waals surface area contributed by atoms with Crippen molar-refractivity contribution in [2.75, 3.05) is 0 Å². The molecule has 0 atom stereocenters.